The highest BCUT2D eigenvalue weighted by Gasteiger charge is 2.41. The van der Waals surface area contributed by atoms with Gasteiger partial charge < -0.3 is 10.6 Å². The molecular formula is C11H19N3. The normalized spacial score (nSPS) is 31.8. The Morgan fingerprint density at radius 2 is 2.43 bits per heavy atom. The van der Waals surface area contributed by atoms with Crippen LogP contribution >= 0.6 is 0 Å². The second-order valence-corrected chi connectivity index (χ2v) is 4.72. The highest BCUT2D eigenvalue weighted by Crippen LogP contribution is 2.40. The van der Waals surface area contributed by atoms with E-state index >= 15 is 0 Å². The summed E-state index contributed by atoms with van der Waals surface area (Å²) >= 11 is 0. The van der Waals surface area contributed by atoms with Crippen molar-refractivity contribution in [3.63, 3.8) is 0 Å². The van der Waals surface area contributed by atoms with Crippen LogP contribution in [0.1, 0.15) is 26.2 Å². The Hall–Kier alpha value is -0.990. The number of guanidine groups is 1. The van der Waals surface area contributed by atoms with Crippen LogP contribution in [0.5, 0.6) is 0 Å². The number of aliphatic imine (C=N–C) groups is 1. The van der Waals surface area contributed by atoms with Crippen LogP contribution in [0.3, 0.4) is 0 Å². The molecule has 1 heterocycles. The smallest absolute Gasteiger partial charge is 0.192 e. The van der Waals surface area contributed by atoms with Crippen molar-refractivity contribution in [1.29, 1.82) is 0 Å². The number of rotatable bonds is 4. The minimum absolute atomic E-state index is 0.152. The number of nitrogens with zero attached hydrogens (tertiary/aromatic N) is 2. The maximum absolute atomic E-state index is 5.86. The van der Waals surface area contributed by atoms with E-state index in [-0.39, 0.29) is 5.54 Å². The fourth-order valence-electron chi connectivity index (χ4n) is 2.26. The molecule has 0 spiro atoms. The molecule has 78 valence electrons. The largest absolute Gasteiger partial charge is 0.370 e. The number of hydrogen-bond donors (Lipinski definition) is 1. The monoisotopic (exact) mass is 193 g/mol. The maximum Gasteiger partial charge on any atom is 0.192 e. The molecule has 1 unspecified atom stereocenters. The second-order valence-electron chi connectivity index (χ2n) is 4.72. The van der Waals surface area contributed by atoms with Crippen molar-refractivity contribution in [3.05, 3.63) is 12.7 Å². The molecule has 1 aliphatic heterocycles. The number of hydrogen-bond acceptors (Lipinski definition) is 3. The molecule has 1 fully saturated rings. The summed E-state index contributed by atoms with van der Waals surface area (Å²) in [6.45, 7) is 7.70. The molecule has 1 aliphatic carbocycles. The van der Waals surface area contributed by atoms with E-state index in [1.807, 2.05) is 6.08 Å². The number of nitrogens with two attached hydrogens (primary N) is 1. The minimum Gasteiger partial charge on any atom is -0.370 e. The zero-order valence-electron chi connectivity index (χ0n) is 8.87. The van der Waals surface area contributed by atoms with Crippen LogP contribution in [0.15, 0.2) is 17.6 Å². The van der Waals surface area contributed by atoms with Gasteiger partial charge in [0.1, 0.15) is 0 Å². The molecular weight excluding hydrogens is 174 g/mol. The van der Waals surface area contributed by atoms with E-state index in [4.69, 9.17) is 5.73 Å². The van der Waals surface area contributed by atoms with Gasteiger partial charge in [-0.05, 0) is 19.3 Å². The summed E-state index contributed by atoms with van der Waals surface area (Å²) in [4.78, 5) is 6.54. The van der Waals surface area contributed by atoms with E-state index in [1.165, 1.54) is 19.3 Å². The van der Waals surface area contributed by atoms with Crippen LogP contribution in [0, 0.1) is 5.92 Å². The summed E-state index contributed by atoms with van der Waals surface area (Å²) in [7, 11) is 0. The van der Waals surface area contributed by atoms with E-state index in [0.717, 1.165) is 19.0 Å². The van der Waals surface area contributed by atoms with Gasteiger partial charge in [0.15, 0.2) is 5.96 Å². The zero-order chi connectivity index (χ0) is 10.2. The third kappa shape index (κ3) is 1.63. The quantitative estimate of drug-likeness (QED) is 0.685. The van der Waals surface area contributed by atoms with E-state index in [0.29, 0.717) is 5.96 Å². The highest BCUT2D eigenvalue weighted by atomic mass is 15.3. The van der Waals surface area contributed by atoms with E-state index < -0.39 is 0 Å². The van der Waals surface area contributed by atoms with Gasteiger partial charge in [0, 0.05) is 6.54 Å². The SMILES string of the molecule is C=CCN1C(N)=NCC1(C)CC1CC1. The average molecular weight is 193 g/mol. The van der Waals surface area contributed by atoms with Crippen LogP contribution < -0.4 is 5.73 Å². The van der Waals surface area contributed by atoms with Gasteiger partial charge in [-0.15, -0.1) is 6.58 Å². The van der Waals surface area contributed by atoms with E-state index in [2.05, 4.69) is 23.4 Å². The molecule has 0 saturated heterocycles. The third-order valence-electron chi connectivity index (χ3n) is 3.25. The lowest BCUT2D eigenvalue weighted by Crippen LogP contribution is -2.49. The molecule has 3 nitrogen and oxygen atoms in total. The Kier molecular flexibility index (Phi) is 2.25. The van der Waals surface area contributed by atoms with Gasteiger partial charge in [0.2, 0.25) is 0 Å². The lowest BCUT2D eigenvalue weighted by atomic mass is 9.94. The lowest BCUT2D eigenvalue weighted by molar-refractivity contribution is 0.215. The van der Waals surface area contributed by atoms with Crippen molar-refractivity contribution in [2.45, 2.75) is 31.7 Å². The van der Waals surface area contributed by atoms with Gasteiger partial charge >= 0.3 is 0 Å². The second kappa shape index (κ2) is 3.30. The fraction of sp³-hybridized carbons (Fsp3) is 0.727. The molecule has 1 saturated carbocycles. The van der Waals surface area contributed by atoms with Crippen LogP contribution in [-0.4, -0.2) is 29.5 Å². The van der Waals surface area contributed by atoms with Gasteiger partial charge in [0.25, 0.3) is 0 Å². The summed E-state index contributed by atoms with van der Waals surface area (Å²) < 4.78 is 0. The van der Waals surface area contributed by atoms with Crippen molar-refractivity contribution >= 4 is 5.96 Å². The highest BCUT2D eigenvalue weighted by molar-refractivity contribution is 5.81. The topological polar surface area (TPSA) is 41.6 Å². The Morgan fingerprint density at radius 1 is 1.71 bits per heavy atom. The molecule has 0 amide bonds. The Bertz CT molecular complexity index is 268. The Morgan fingerprint density at radius 3 is 3.00 bits per heavy atom. The molecule has 14 heavy (non-hydrogen) atoms. The minimum atomic E-state index is 0.152. The molecule has 0 aromatic heterocycles. The first kappa shape index (κ1) is 9.56. The van der Waals surface area contributed by atoms with Crippen LogP contribution in [0.25, 0.3) is 0 Å². The van der Waals surface area contributed by atoms with Crippen LogP contribution in [-0.2, 0) is 0 Å². The maximum atomic E-state index is 5.86. The first-order valence-electron chi connectivity index (χ1n) is 5.34. The molecule has 0 bridgehead atoms. The molecule has 3 heteroatoms. The molecule has 2 aliphatic rings. The summed E-state index contributed by atoms with van der Waals surface area (Å²) in [5.74, 6) is 1.60. The van der Waals surface area contributed by atoms with E-state index in [9.17, 15) is 0 Å². The molecule has 2 rings (SSSR count). The van der Waals surface area contributed by atoms with Crippen LogP contribution in [0.4, 0.5) is 0 Å². The van der Waals surface area contributed by atoms with Crippen molar-refractivity contribution in [2.75, 3.05) is 13.1 Å². The predicted molar refractivity (Wildman–Crippen MR) is 59.1 cm³/mol. The summed E-state index contributed by atoms with van der Waals surface area (Å²) in [5, 5.41) is 0. The molecule has 0 aromatic carbocycles. The first-order chi connectivity index (χ1) is 6.65. The van der Waals surface area contributed by atoms with Crippen LogP contribution in [0.2, 0.25) is 0 Å². The van der Waals surface area contributed by atoms with Gasteiger partial charge in [0.05, 0.1) is 12.1 Å². The summed E-state index contributed by atoms with van der Waals surface area (Å²) in [5.41, 5.74) is 6.02. The lowest BCUT2D eigenvalue weighted by Gasteiger charge is -2.35. The summed E-state index contributed by atoms with van der Waals surface area (Å²) in [6, 6.07) is 0. The summed E-state index contributed by atoms with van der Waals surface area (Å²) in [6.07, 6.45) is 5.90. The molecule has 0 aromatic rings. The van der Waals surface area contributed by atoms with Gasteiger partial charge in [-0.2, -0.15) is 0 Å². The Labute approximate surface area is 85.7 Å². The predicted octanol–water partition coefficient (Wildman–Crippen LogP) is 1.36. The van der Waals surface area contributed by atoms with Crippen molar-refractivity contribution in [1.82, 2.24) is 4.90 Å². The van der Waals surface area contributed by atoms with Gasteiger partial charge in [-0.25, -0.2) is 0 Å². The standard InChI is InChI=1S/C11H19N3/c1-3-6-14-10(12)13-8-11(14,2)7-9-4-5-9/h3,9H,1,4-8H2,2H3,(H2,12,13). The average Bonchev–Trinajstić information content (AvgIpc) is 2.89. The third-order valence-corrected chi connectivity index (χ3v) is 3.25. The molecule has 1 atom stereocenters. The van der Waals surface area contributed by atoms with Gasteiger partial charge in [-0.3, -0.25) is 4.99 Å². The first-order valence-corrected chi connectivity index (χ1v) is 5.34. The van der Waals surface area contributed by atoms with Gasteiger partial charge in [-0.1, -0.05) is 18.9 Å². The molecule has 0 radical (unpaired) electrons. The molecule has 2 N–H and O–H groups in total. The van der Waals surface area contributed by atoms with Crippen molar-refractivity contribution in [2.24, 2.45) is 16.6 Å². The van der Waals surface area contributed by atoms with Crippen molar-refractivity contribution < 1.29 is 0 Å². The zero-order valence-corrected chi connectivity index (χ0v) is 8.87. The van der Waals surface area contributed by atoms with E-state index in [1.54, 1.807) is 0 Å². The fourth-order valence-corrected chi connectivity index (χ4v) is 2.26. The Balaban J connectivity index is 2.05. The van der Waals surface area contributed by atoms with Crippen molar-refractivity contribution in [3.8, 4) is 0 Å².